The van der Waals surface area contributed by atoms with Crippen LogP contribution < -0.4 is 25.8 Å². The molecule has 0 amide bonds. The molecule has 1 atom stereocenters. The number of aliphatic hydroxyl groups is 1. The SMILES string of the molecule is COc1ccc(F)cc1COc1ccc2cc1COCCCCNC(O)c1ccc(c(N)c1)-c1ccnc(n1)N2. The molecule has 1 unspecified atom stereocenters. The minimum absolute atomic E-state index is 0.125. The second kappa shape index (κ2) is 12.7. The molecule has 1 aromatic heterocycles. The van der Waals surface area contributed by atoms with Crippen LogP contribution in [0.5, 0.6) is 11.5 Å². The van der Waals surface area contributed by atoms with Crippen LogP contribution >= 0.6 is 0 Å². The van der Waals surface area contributed by atoms with Gasteiger partial charge in [0.15, 0.2) is 0 Å². The highest BCUT2D eigenvalue weighted by molar-refractivity contribution is 5.75. The summed E-state index contributed by atoms with van der Waals surface area (Å²) in [5.74, 6) is 1.19. The number of rotatable bonds is 4. The highest BCUT2D eigenvalue weighted by Crippen LogP contribution is 2.30. The molecule has 3 heterocycles. The Balaban J connectivity index is 1.42. The Labute approximate surface area is 232 Å². The summed E-state index contributed by atoms with van der Waals surface area (Å²) in [4.78, 5) is 9.01. The summed E-state index contributed by atoms with van der Waals surface area (Å²) in [6.45, 7) is 1.58. The van der Waals surface area contributed by atoms with E-state index in [1.807, 2.05) is 30.3 Å². The van der Waals surface area contributed by atoms with Crippen molar-refractivity contribution in [1.29, 1.82) is 0 Å². The maximum Gasteiger partial charge on any atom is 0.227 e. The van der Waals surface area contributed by atoms with Crippen LogP contribution in [0.15, 0.2) is 66.9 Å². The lowest BCUT2D eigenvalue weighted by Gasteiger charge is -2.16. The molecule has 6 bridgehead atoms. The average molecular weight is 546 g/mol. The zero-order chi connectivity index (χ0) is 27.9. The second-order valence-corrected chi connectivity index (χ2v) is 9.42. The molecule has 6 rings (SSSR count). The van der Waals surface area contributed by atoms with Crippen molar-refractivity contribution in [2.45, 2.75) is 32.3 Å². The van der Waals surface area contributed by atoms with Crippen molar-refractivity contribution < 1.29 is 23.7 Å². The first-order valence-corrected chi connectivity index (χ1v) is 13.1. The highest BCUT2D eigenvalue weighted by Gasteiger charge is 2.14. The minimum Gasteiger partial charge on any atom is -0.496 e. The van der Waals surface area contributed by atoms with Gasteiger partial charge in [0.2, 0.25) is 5.95 Å². The molecule has 208 valence electrons. The summed E-state index contributed by atoms with van der Waals surface area (Å²) in [5.41, 5.74) is 11.1. The summed E-state index contributed by atoms with van der Waals surface area (Å²) in [5, 5.41) is 16.9. The Morgan fingerprint density at radius 3 is 2.80 bits per heavy atom. The van der Waals surface area contributed by atoms with Crippen LogP contribution in [0.2, 0.25) is 0 Å². The van der Waals surface area contributed by atoms with E-state index in [0.717, 1.165) is 29.7 Å². The Kier molecular flexibility index (Phi) is 8.70. The van der Waals surface area contributed by atoms with Crippen molar-refractivity contribution in [3.63, 3.8) is 0 Å². The van der Waals surface area contributed by atoms with E-state index in [0.29, 0.717) is 59.7 Å². The monoisotopic (exact) mass is 545 g/mol. The van der Waals surface area contributed by atoms with Gasteiger partial charge in [-0.3, -0.25) is 5.32 Å². The summed E-state index contributed by atoms with van der Waals surface area (Å²) >= 11 is 0. The zero-order valence-corrected chi connectivity index (χ0v) is 22.2. The zero-order valence-electron chi connectivity index (χ0n) is 22.2. The number of aliphatic hydroxyl groups excluding tert-OH is 1. The molecule has 2 aliphatic heterocycles. The number of ether oxygens (including phenoxy) is 3. The normalized spacial score (nSPS) is 15.8. The van der Waals surface area contributed by atoms with Gasteiger partial charge in [-0.15, -0.1) is 0 Å². The number of hydrogen-bond donors (Lipinski definition) is 4. The molecule has 10 heteroatoms. The number of nitrogen functional groups attached to an aromatic ring is 1. The van der Waals surface area contributed by atoms with Crippen molar-refractivity contribution in [3.05, 3.63) is 89.4 Å². The van der Waals surface area contributed by atoms with E-state index in [4.69, 9.17) is 19.9 Å². The molecular formula is C30H32FN5O4. The molecule has 0 aliphatic carbocycles. The summed E-state index contributed by atoms with van der Waals surface area (Å²) < 4.78 is 31.3. The van der Waals surface area contributed by atoms with Crippen LogP contribution in [-0.2, 0) is 18.0 Å². The number of anilines is 3. The van der Waals surface area contributed by atoms with E-state index in [9.17, 15) is 9.50 Å². The number of nitrogens with two attached hydrogens (primary N) is 1. The first kappa shape index (κ1) is 27.3. The first-order valence-electron chi connectivity index (χ1n) is 13.1. The number of hydrogen-bond acceptors (Lipinski definition) is 9. The second-order valence-electron chi connectivity index (χ2n) is 9.42. The molecule has 0 saturated carbocycles. The molecular weight excluding hydrogens is 513 g/mol. The van der Waals surface area contributed by atoms with Gasteiger partial charge in [-0.2, -0.15) is 0 Å². The summed E-state index contributed by atoms with van der Waals surface area (Å²) in [6, 6.07) is 17.2. The molecule has 0 fully saturated rings. The topological polar surface area (TPSA) is 124 Å². The van der Waals surface area contributed by atoms with E-state index in [1.165, 1.54) is 19.2 Å². The van der Waals surface area contributed by atoms with E-state index < -0.39 is 6.23 Å². The molecule has 2 aliphatic rings. The summed E-state index contributed by atoms with van der Waals surface area (Å²) in [6.07, 6.45) is 2.44. The third-order valence-corrected chi connectivity index (χ3v) is 6.58. The maximum atomic E-state index is 13.9. The van der Waals surface area contributed by atoms with Crippen molar-refractivity contribution >= 4 is 17.3 Å². The maximum absolute atomic E-state index is 13.9. The lowest BCUT2D eigenvalue weighted by molar-refractivity contribution is 0.110. The summed E-state index contributed by atoms with van der Waals surface area (Å²) in [7, 11) is 1.54. The van der Waals surface area contributed by atoms with Crippen LogP contribution in [0.1, 0.15) is 35.8 Å². The van der Waals surface area contributed by atoms with Gasteiger partial charge in [-0.1, -0.05) is 12.1 Å². The van der Waals surface area contributed by atoms with Crippen molar-refractivity contribution in [1.82, 2.24) is 15.3 Å². The van der Waals surface area contributed by atoms with E-state index in [2.05, 4.69) is 20.6 Å². The molecule has 3 aromatic carbocycles. The van der Waals surface area contributed by atoms with Gasteiger partial charge in [-0.25, -0.2) is 14.4 Å². The Hall–Kier alpha value is -4.25. The number of nitrogens with one attached hydrogen (secondary N) is 2. The molecule has 9 nitrogen and oxygen atoms in total. The number of nitrogens with zero attached hydrogens (tertiary/aromatic N) is 2. The van der Waals surface area contributed by atoms with Crippen LogP contribution in [0.4, 0.5) is 21.7 Å². The highest BCUT2D eigenvalue weighted by atomic mass is 19.1. The average Bonchev–Trinajstić information content (AvgIpc) is 2.96. The Bertz CT molecular complexity index is 1470. The Morgan fingerprint density at radius 2 is 1.95 bits per heavy atom. The lowest BCUT2D eigenvalue weighted by Crippen LogP contribution is -2.22. The fourth-order valence-electron chi connectivity index (χ4n) is 4.48. The largest absolute Gasteiger partial charge is 0.496 e. The molecule has 0 saturated heterocycles. The number of halogens is 1. The number of benzene rings is 3. The van der Waals surface area contributed by atoms with Gasteiger partial charge >= 0.3 is 0 Å². The fraction of sp³-hybridized carbons (Fsp3) is 0.267. The number of methoxy groups -OCH3 is 1. The quantitative estimate of drug-likeness (QED) is 0.260. The van der Waals surface area contributed by atoms with E-state index in [1.54, 1.807) is 24.4 Å². The number of aromatic nitrogens is 2. The van der Waals surface area contributed by atoms with Gasteiger partial charge in [0.1, 0.15) is 30.2 Å². The molecule has 4 aromatic rings. The van der Waals surface area contributed by atoms with Gasteiger partial charge in [-0.05, 0) is 73.5 Å². The van der Waals surface area contributed by atoms with Crippen molar-refractivity contribution in [2.75, 3.05) is 31.3 Å². The molecule has 0 spiro atoms. The predicted molar refractivity (Wildman–Crippen MR) is 151 cm³/mol. The third-order valence-electron chi connectivity index (χ3n) is 6.58. The lowest BCUT2D eigenvalue weighted by atomic mass is 10.1. The standard InChI is InChI=1S/C30H32FN5O4/c1-38-27-8-5-22(31)14-20(27)18-40-28-9-6-23-15-21(28)17-39-13-3-2-11-33-29(37)19-4-7-24(25(32)16-19)26-10-12-34-30(35-23)36-26/h4-10,12,14-16,29,33,37H,2-3,11,13,17-18,32H2,1H3,(H,34,35,36). The van der Waals surface area contributed by atoms with Crippen LogP contribution in [0, 0.1) is 5.82 Å². The van der Waals surface area contributed by atoms with Crippen molar-refractivity contribution in [2.24, 2.45) is 0 Å². The van der Waals surface area contributed by atoms with Gasteiger partial charge in [0.05, 0.1) is 19.4 Å². The first-order chi connectivity index (χ1) is 19.5. The number of fused-ring (bicyclic) bond motifs is 9. The van der Waals surface area contributed by atoms with Crippen LogP contribution in [0.25, 0.3) is 11.3 Å². The molecule has 5 N–H and O–H groups in total. The third kappa shape index (κ3) is 6.66. The molecule has 0 radical (unpaired) electrons. The van der Waals surface area contributed by atoms with Gasteiger partial charge < -0.3 is 30.4 Å². The van der Waals surface area contributed by atoms with E-state index in [-0.39, 0.29) is 12.4 Å². The smallest absolute Gasteiger partial charge is 0.227 e. The van der Waals surface area contributed by atoms with Gasteiger partial charge in [0, 0.05) is 40.9 Å². The van der Waals surface area contributed by atoms with E-state index >= 15 is 0 Å². The molecule has 40 heavy (non-hydrogen) atoms. The van der Waals surface area contributed by atoms with Crippen molar-refractivity contribution in [3.8, 4) is 22.8 Å². The van der Waals surface area contributed by atoms with Crippen LogP contribution in [-0.4, -0.2) is 35.3 Å². The minimum atomic E-state index is -0.833. The van der Waals surface area contributed by atoms with Crippen LogP contribution in [0.3, 0.4) is 0 Å². The van der Waals surface area contributed by atoms with Gasteiger partial charge in [0.25, 0.3) is 0 Å². The predicted octanol–water partition coefficient (Wildman–Crippen LogP) is 5.09. The Morgan fingerprint density at radius 1 is 1.07 bits per heavy atom. The fourth-order valence-corrected chi connectivity index (χ4v) is 4.48.